The third-order valence-electron chi connectivity index (χ3n) is 4.79. The fourth-order valence-electron chi connectivity index (χ4n) is 3.41. The van der Waals surface area contributed by atoms with Crippen LogP contribution in [0.4, 0.5) is 8.78 Å². The van der Waals surface area contributed by atoms with Crippen LogP contribution in [0.1, 0.15) is 34.7 Å². The number of hydrogen-bond donors (Lipinski definition) is 1. The number of epoxide rings is 1. The number of nitrogens with one attached hydrogen (secondary N) is 1. The molecule has 0 bridgehead atoms. The van der Waals surface area contributed by atoms with E-state index in [1.165, 1.54) is 12.1 Å². The molecule has 4 nitrogen and oxygen atoms in total. The topological polar surface area (TPSA) is 46.7 Å². The molecule has 0 saturated carbocycles. The molecule has 2 aliphatic rings. The summed E-state index contributed by atoms with van der Waals surface area (Å²) < 4.78 is 38.8. The van der Waals surface area contributed by atoms with E-state index >= 15 is 0 Å². The monoisotopic (exact) mass is 390 g/mol. The molecule has 3 aromatic rings. The van der Waals surface area contributed by atoms with E-state index in [1.807, 2.05) is 48.5 Å². The van der Waals surface area contributed by atoms with Crippen LogP contribution in [0, 0.1) is 23.5 Å². The van der Waals surface area contributed by atoms with Crippen LogP contribution < -0.4 is 5.32 Å². The number of halogens is 2. The Bertz CT molecular complexity index is 1090. The van der Waals surface area contributed by atoms with Gasteiger partial charge in [0.15, 0.2) is 12.5 Å². The van der Waals surface area contributed by atoms with Crippen molar-refractivity contribution in [3.05, 3.63) is 101 Å². The summed E-state index contributed by atoms with van der Waals surface area (Å²) in [5.74, 6) is 4.82. The first-order chi connectivity index (χ1) is 14.2. The molecule has 0 amide bonds. The maximum atomic E-state index is 13.8. The van der Waals surface area contributed by atoms with E-state index in [1.54, 1.807) is 0 Å². The minimum Gasteiger partial charge on any atom is -0.339 e. The van der Waals surface area contributed by atoms with E-state index in [0.29, 0.717) is 17.0 Å². The highest BCUT2D eigenvalue weighted by Gasteiger charge is 2.51. The maximum absolute atomic E-state index is 13.8. The molecule has 5 rings (SSSR count). The summed E-state index contributed by atoms with van der Waals surface area (Å²) in [7, 11) is 0. The van der Waals surface area contributed by atoms with Crippen molar-refractivity contribution in [2.24, 2.45) is 0 Å². The van der Waals surface area contributed by atoms with Gasteiger partial charge in [-0.2, -0.15) is 0 Å². The van der Waals surface area contributed by atoms with Crippen LogP contribution >= 0.6 is 0 Å². The fraction of sp³-hybridized carbons (Fsp3) is 0.174. The number of hydrogen-bond acceptors (Lipinski definition) is 4. The SMILES string of the molecule is Fc1cc(F)cc([C@@H]2OC3OC3N[C@H]2c2cccc(C#Cc3ccccc3)n2)c1. The molecule has 6 heteroatoms. The van der Waals surface area contributed by atoms with Crippen molar-refractivity contribution in [3.63, 3.8) is 0 Å². The van der Waals surface area contributed by atoms with Crippen LogP contribution in [0.2, 0.25) is 0 Å². The van der Waals surface area contributed by atoms with Gasteiger partial charge in [-0.05, 0) is 47.9 Å². The highest BCUT2D eigenvalue weighted by molar-refractivity contribution is 5.40. The second-order valence-electron chi connectivity index (χ2n) is 6.89. The van der Waals surface area contributed by atoms with Gasteiger partial charge in [0.05, 0.1) is 11.7 Å². The fourth-order valence-corrected chi connectivity index (χ4v) is 3.41. The smallest absolute Gasteiger partial charge is 0.200 e. The van der Waals surface area contributed by atoms with Gasteiger partial charge in [0.2, 0.25) is 0 Å². The lowest BCUT2D eigenvalue weighted by atomic mass is 9.97. The van der Waals surface area contributed by atoms with Gasteiger partial charge in [-0.15, -0.1) is 0 Å². The number of fused-ring (bicyclic) bond motifs is 1. The van der Waals surface area contributed by atoms with Gasteiger partial charge in [0.25, 0.3) is 0 Å². The molecule has 0 aliphatic carbocycles. The Morgan fingerprint density at radius 1 is 0.862 bits per heavy atom. The third-order valence-corrected chi connectivity index (χ3v) is 4.79. The minimum absolute atomic E-state index is 0.254. The largest absolute Gasteiger partial charge is 0.339 e. The Hall–Kier alpha value is -3.11. The summed E-state index contributed by atoms with van der Waals surface area (Å²) in [5.41, 5.74) is 2.53. The van der Waals surface area contributed by atoms with Crippen LogP contribution in [-0.4, -0.2) is 17.5 Å². The zero-order chi connectivity index (χ0) is 19.8. The number of morpholine rings is 1. The van der Waals surface area contributed by atoms with Crippen LogP contribution in [0.15, 0.2) is 66.7 Å². The van der Waals surface area contributed by atoms with Crippen LogP contribution in [0.5, 0.6) is 0 Å². The molecule has 3 heterocycles. The molecule has 1 aromatic heterocycles. The summed E-state index contributed by atoms with van der Waals surface area (Å²) in [6, 6.07) is 18.1. The molecule has 2 aromatic carbocycles. The second-order valence-corrected chi connectivity index (χ2v) is 6.89. The van der Waals surface area contributed by atoms with E-state index in [4.69, 9.17) is 9.47 Å². The summed E-state index contributed by atoms with van der Waals surface area (Å²) >= 11 is 0. The zero-order valence-electron chi connectivity index (χ0n) is 15.2. The molecule has 4 atom stereocenters. The molecule has 144 valence electrons. The lowest BCUT2D eigenvalue weighted by Gasteiger charge is -2.30. The normalized spacial score (nSPS) is 24.9. The van der Waals surface area contributed by atoms with E-state index in [0.717, 1.165) is 11.6 Å². The van der Waals surface area contributed by atoms with Gasteiger partial charge in [-0.3, -0.25) is 5.32 Å². The van der Waals surface area contributed by atoms with E-state index in [-0.39, 0.29) is 6.23 Å². The Labute approximate surface area is 166 Å². The highest BCUT2D eigenvalue weighted by Crippen LogP contribution is 2.43. The number of rotatable bonds is 2. The van der Waals surface area contributed by atoms with Crippen LogP contribution in [-0.2, 0) is 9.47 Å². The molecule has 0 radical (unpaired) electrons. The van der Waals surface area contributed by atoms with Crippen molar-refractivity contribution in [1.29, 1.82) is 0 Å². The Kier molecular flexibility index (Phi) is 4.57. The predicted octanol–water partition coefficient (Wildman–Crippen LogP) is 3.84. The van der Waals surface area contributed by atoms with Crippen molar-refractivity contribution in [1.82, 2.24) is 10.3 Å². The molecule has 0 spiro atoms. The Balaban J connectivity index is 1.47. The number of benzene rings is 2. The van der Waals surface area contributed by atoms with Crippen molar-refractivity contribution in [2.75, 3.05) is 0 Å². The molecule has 1 N–H and O–H groups in total. The summed E-state index contributed by atoms with van der Waals surface area (Å²) in [6.45, 7) is 0. The van der Waals surface area contributed by atoms with Gasteiger partial charge in [0, 0.05) is 11.6 Å². The van der Waals surface area contributed by atoms with Crippen molar-refractivity contribution < 1.29 is 18.3 Å². The highest BCUT2D eigenvalue weighted by atomic mass is 19.1. The number of pyridine rings is 1. The van der Waals surface area contributed by atoms with Gasteiger partial charge < -0.3 is 9.47 Å². The molecule has 29 heavy (non-hydrogen) atoms. The molecular formula is C23H16F2N2O2. The molecule has 2 fully saturated rings. The van der Waals surface area contributed by atoms with Gasteiger partial charge in [-0.1, -0.05) is 30.2 Å². The van der Waals surface area contributed by atoms with E-state index in [9.17, 15) is 8.78 Å². The lowest BCUT2D eigenvalue weighted by molar-refractivity contribution is -0.0423. The van der Waals surface area contributed by atoms with E-state index in [2.05, 4.69) is 22.1 Å². The average molecular weight is 390 g/mol. The van der Waals surface area contributed by atoms with Crippen molar-refractivity contribution >= 4 is 0 Å². The summed E-state index contributed by atoms with van der Waals surface area (Å²) in [4.78, 5) is 4.63. The molecule has 2 aliphatic heterocycles. The van der Waals surface area contributed by atoms with Crippen LogP contribution in [0.25, 0.3) is 0 Å². The van der Waals surface area contributed by atoms with E-state index < -0.39 is 30.1 Å². The average Bonchev–Trinajstić information content (AvgIpc) is 3.50. The Morgan fingerprint density at radius 2 is 1.66 bits per heavy atom. The lowest BCUT2D eigenvalue weighted by Crippen LogP contribution is -2.38. The van der Waals surface area contributed by atoms with Crippen molar-refractivity contribution in [3.8, 4) is 11.8 Å². The third kappa shape index (κ3) is 3.89. The van der Waals surface area contributed by atoms with Gasteiger partial charge in [-0.25, -0.2) is 13.8 Å². The number of nitrogens with zero attached hydrogens (tertiary/aromatic N) is 1. The molecule has 2 unspecified atom stereocenters. The van der Waals surface area contributed by atoms with Gasteiger partial charge in [0.1, 0.15) is 23.4 Å². The summed E-state index contributed by atoms with van der Waals surface area (Å²) in [6.07, 6.45) is -1.33. The maximum Gasteiger partial charge on any atom is 0.200 e. The number of ether oxygens (including phenoxy) is 2. The predicted molar refractivity (Wildman–Crippen MR) is 101 cm³/mol. The van der Waals surface area contributed by atoms with Gasteiger partial charge >= 0.3 is 0 Å². The second kappa shape index (κ2) is 7.37. The van der Waals surface area contributed by atoms with Crippen molar-refractivity contribution in [2.45, 2.75) is 24.7 Å². The Morgan fingerprint density at radius 3 is 2.45 bits per heavy atom. The quantitative estimate of drug-likeness (QED) is 0.534. The first kappa shape index (κ1) is 18.0. The zero-order valence-corrected chi connectivity index (χ0v) is 15.2. The standard InChI is InChI=1S/C23H16F2N2O2/c24-16-11-15(12-17(25)13-16)21-20(27-22-23(28-21)29-22)19-8-4-7-18(26-19)10-9-14-5-2-1-3-6-14/h1-8,11-13,20-23,27H/t20-,21-,22?,23?/m0/s1. The van der Waals surface area contributed by atoms with Crippen LogP contribution in [0.3, 0.4) is 0 Å². The molecular weight excluding hydrogens is 374 g/mol. The first-order valence-electron chi connectivity index (χ1n) is 9.23. The minimum atomic E-state index is -0.656. The number of aromatic nitrogens is 1. The molecule has 2 saturated heterocycles. The first-order valence-corrected chi connectivity index (χ1v) is 9.23. The summed E-state index contributed by atoms with van der Waals surface area (Å²) in [5, 5.41) is 3.29.